The number of esters is 1. The number of hydrogen-bond donors (Lipinski definition) is 0. The van der Waals surface area contributed by atoms with Crippen molar-refractivity contribution >= 4 is 21.9 Å². The van der Waals surface area contributed by atoms with Gasteiger partial charge in [0.2, 0.25) is 0 Å². The number of rotatable bonds is 3. The lowest BCUT2D eigenvalue weighted by molar-refractivity contribution is -0.274. The zero-order valence-electron chi connectivity index (χ0n) is 9.67. The molecule has 1 aromatic rings. The number of ether oxygens (including phenoxy) is 2. The van der Waals surface area contributed by atoms with Crippen molar-refractivity contribution in [2.75, 3.05) is 5.33 Å². The normalized spacial score (nSPS) is 23.3. The summed E-state index contributed by atoms with van der Waals surface area (Å²) in [4.78, 5) is 11.2. The summed E-state index contributed by atoms with van der Waals surface area (Å²) in [7, 11) is 0. The Morgan fingerprint density at radius 2 is 1.95 bits per heavy atom. The first kappa shape index (κ1) is 14.2. The van der Waals surface area contributed by atoms with Crippen molar-refractivity contribution in [2.24, 2.45) is 0 Å². The monoisotopic (exact) mass is 338 g/mol. The van der Waals surface area contributed by atoms with Crippen LogP contribution in [0.15, 0.2) is 24.3 Å². The predicted octanol–water partition coefficient (Wildman–Crippen LogP) is 3.51. The number of carbonyl (C=O) groups is 1. The van der Waals surface area contributed by atoms with E-state index in [0.29, 0.717) is 23.7 Å². The second kappa shape index (κ2) is 5.03. The molecule has 0 unspecified atom stereocenters. The van der Waals surface area contributed by atoms with Gasteiger partial charge in [0.1, 0.15) is 11.4 Å². The lowest BCUT2D eigenvalue weighted by Crippen LogP contribution is -2.27. The summed E-state index contributed by atoms with van der Waals surface area (Å²) in [6.07, 6.45) is -3.92. The molecule has 7 heteroatoms. The third kappa shape index (κ3) is 3.20. The van der Waals surface area contributed by atoms with E-state index in [4.69, 9.17) is 4.74 Å². The van der Waals surface area contributed by atoms with E-state index in [1.54, 1.807) is 0 Å². The smallest absolute Gasteiger partial charge is 0.453 e. The maximum Gasteiger partial charge on any atom is 0.573 e. The summed E-state index contributed by atoms with van der Waals surface area (Å²) < 4.78 is 45.2. The lowest BCUT2D eigenvalue weighted by atomic mass is 9.93. The van der Waals surface area contributed by atoms with Crippen LogP contribution in [0, 0.1) is 0 Å². The van der Waals surface area contributed by atoms with Crippen molar-refractivity contribution in [2.45, 2.75) is 24.8 Å². The second-order valence-corrected chi connectivity index (χ2v) is 4.73. The Kier molecular flexibility index (Phi) is 3.75. The Bertz CT molecular complexity index is 472. The van der Waals surface area contributed by atoms with Crippen LogP contribution in [0.2, 0.25) is 0 Å². The first-order valence-corrected chi connectivity index (χ1v) is 6.61. The van der Waals surface area contributed by atoms with E-state index < -0.39 is 12.0 Å². The van der Waals surface area contributed by atoms with Crippen molar-refractivity contribution in [1.82, 2.24) is 0 Å². The lowest BCUT2D eigenvalue weighted by Gasteiger charge is -2.26. The Labute approximate surface area is 115 Å². The molecule has 2 rings (SSSR count). The number of cyclic esters (lactones) is 1. The Hall–Kier alpha value is -1.24. The van der Waals surface area contributed by atoms with Crippen LogP contribution in [0.3, 0.4) is 0 Å². The van der Waals surface area contributed by atoms with E-state index in [1.807, 2.05) is 0 Å². The van der Waals surface area contributed by atoms with Gasteiger partial charge in [-0.3, -0.25) is 4.79 Å². The third-order valence-corrected chi connectivity index (χ3v) is 3.78. The highest BCUT2D eigenvalue weighted by molar-refractivity contribution is 9.09. The van der Waals surface area contributed by atoms with Crippen molar-refractivity contribution in [3.63, 3.8) is 0 Å². The number of halogens is 4. The Balaban J connectivity index is 2.20. The standard InChI is InChI=1S/C12H10BrF3O3/c13-7-11(6-5-10(17)19-11)8-1-3-9(4-2-8)18-12(14,15)16/h1-4H,5-7H2/t11-/m0/s1. The minimum atomic E-state index is -4.71. The molecule has 1 aliphatic rings. The van der Waals surface area contributed by atoms with E-state index in [2.05, 4.69) is 20.7 Å². The molecule has 1 aliphatic heterocycles. The molecule has 0 aromatic heterocycles. The van der Waals surface area contributed by atoms with Crippen LogP contribution in [0.4, 0.5) is 13.2 Å². The van der Waals surface area contributed by atoms with Gasteiger partial charge in [-0.15, -0.1) is 13.2 Å². The fourth-order valence-electron chi connectivity index (χ4n) is 1.96. The number of benzene rings is 1. The molecule has 0 bridgehead atoms. The molecular formula is C12H10BrF3O3. The van der Waals surface area contributed by atoms with E-state index in [9.17, 15) is 18.0 Å². The summed E-state index contributed by atoms with van der Waals surface area (Å²) in [6, 6.07) is 5.36. The summed E-state index contributed by atoms with van der Waals surface area (Å²) in [5.41, 5.74) is -0.154. The molecule has 1 aromatic carbocycles. The van der Waals surface area contributed by atoms with Gasteiger partial charge in [0.15, 0.2) is 0 Å². The maximum atomic E-state index is 12.0. The number of alkyl halides is 4. The molecule has 0 N–H and O–H groups in total. The minimum Gasteiger partial charge on any atom is -0.453 e. The van der Waals surface area contributed by atoms with Crippen molar-refractivity contribution < 1.29 is 27.4 Å². The molecule has 104 valence electrons. The first-order valence-electron chi connectivity index (χ1n) is 5.49. The van der Waals surface area contributed by atoms with Crippen LogP contribution in [0.5, 0.6) is 5.75 Å². The SMILES string of the molecule is O=C1CC[C@](CBr)(c2ccc(OC(F)(F)F)cc2)O1. The van der Waals surface area contributed by atoms with Gasteiger partial charge in [-0.25, -0.2) is 0 Å². The zero-order valence-corrected chi connectivity index (χ0v) is 11.3. The third-order valence-electron chi connectivity index (χ3n) is 2.87. The van der Waals surface area contributed by atoms with Gasteiger partial charge < -0.3 is 9.47 Å². The molecule has 0 spiro atoms. The quantitative estimate of drug-likeness (QED) is 0.625. The van der Waals surface area contributed by atoms with Gasteiger partial charge >= 0.3 is 12.3 Å². The highest BCUT2D eigenvalue weighted by atomic mass is 79.9. The molecule has 1 heterocycles. The fraction of sp³-hybridized carbons (Fsp3) is 0.417. The summed E-state index contributed by atoms with van der Waals surface area (Å²) in [6.45, 7) is 0. The average Bonchev–Trinajstić information content (AvgIpc) is 2.71. The average molecular weight is 339 g/mol. The van der Waals surface area contributed by atoms with Crippen LogP contribution >= 0.6 is 15.9 Å². The minimum absolute atomic E-state index is 0.298. The van der Waals surface area contributed by atoms with Gasteiger partial charge in [-0.2, -0.15) is 0 Å². The Morgan fingerprint density at radius 3 is 2.37 bits per heavy atom. The maximum absolute atomic E-state index is 12.0. The fourth-order valence-corrected chi connectivity index (χ4v) is 2.68. The Morgan fingerprint density at radius 1 is 1.32 bits per heavy atom. The topological polar surface area (TPSA) is 35.5 Å². The zero-order chi connectivity index (χ0) is 14.1. The second-order valence-electron chi connectivity index (χ2n) is 4.17. The van der Waals surface area contributed by atoms with E-state index in [-0.39, 0.29) is 11.7 Å². The van der Waals surface area contributed by atoms with Gasteiger partial charge in [0.05, 0.1) is 0 Å². The van der Waals surface area contributed by atoms with E-state index in [1.165, 1.54) is 24.3 Å². The largest absolute Gasteiger partial charge is 0.573 e. The molecule has 0 aliphatic carbocycles. The molecular weight excluding hydrogens is 329 g/mol. The molecule has 3 nitrogen and oxygen atoms in total. The summed E-state index contributed by atoms with van der Waals surface area (Å²) in [5, 5.41) is 0.394. The summed E-state index contributed by atoms with van der Waals surface area (Å²) >= 11 is 3.28. The molecule has 1 fully saturated rings. The van der Waals surface area contributed by atoms with Crippen LogP contribution in [0.25, 0.3) is 0 Å². The van der Waals surface area contributed by atoms with Gasteiger partial charge in [-0.1, -0.05) is 28.1 Å². The number of hydrogen-bond acceptors (Lipinski definition) is 3. The molecule has 0 radical (unpaired) electrons. The van der Waals surface area contributed by atoms with Gasteiger partial charge in [0, 0.05) is 18.2 Å². The molecule has 1 atom stereocenters. The molecule has 0 saturated carbocycles. The number of carbonyl (C=O) groups excluding carboxylic acids is 1. The molecule has 19 heavy (non-hydrogen) atoms. The molecule has 1 saturated heterocycles. The van der Waals surface area contributed by atoms with Crippen LogP contribution in [-0.4, -0.2) is 17.7 Å². The van der Waals surface area contributed by atoms with Crippen molar-refractivity contribution in [3.8, 4) is 5.75 Å². The van der Waals surface area contributed by atoms with Crippen LogP contribution in [0.1, 0.15) is 18.4 Å². The summed E-state index contributed by atoms with van der Waals surface area (Å²) in [5.74, 6) is -0.611. The predicted molar refractivity (Wildman–Crippen MR) is 63.9 cm³/mol. The van der Waals surface area contributed by atoms with Gasteiger partial charge in [0.25, 0.3) is 0 Å². The molecule has 0 amide bonds. The highest BCUT2D eigenvalue weighted by Gasteiger charge is 2.41. The van der Waals surface area contributed by atoms with Crippen LogP contribution < -0.4 is 4.74 Å². The van der Waals surface area contributed by atoms with Crippen molar-refractivity contribution in [3.05, 3.63) is 29.8 Å². The van der Waals surface area contributed by atoms with E-state index >= 15 is 0 Å². The first-order chi connectivity index (χ1) is 8.85. The van der Waals surface area contributed by atoms with E-state index in [0.717, 1.165) is 0 Å². The van der Waals surface area contributed by atoms with Gasteiger partial charge in [-0.05, 0) is 17.7 Å². The van der Waals surface area contributed by atoms with Crippen molar-refractivity contribution in [1.29, 1.82) is 0 Å². The van der Waals surface area contributed by atoms with Crippen LogP contribution in [-0.2, 0) is 15.1 Å². The highest BCUT2D eigenvalue weighted by Crippen LogP contribution is 2.39.